The van der Waals surface area contributed by atoms with Crippen LogP contribution >= 0.6 is 0 Å². The van der Waals surface area contributed by atoms with Gasteiger partial charge in [-0.05, 0) is 19.8 Å². The summed E-state index contributed by atoms with van der Waals surface area (Å²) >= 11 is 0. The molecule has 132 valence electrons. The summed E-state index contributed by atoms with van der Waals surface area (Å²) in [5, 5.41) is 24.9. The molecule has 4 rings (SSSR count). The third-order valence-electron chi connectivity index (χ3n) is 5.15. The molecular weight excluding hydrogens is 326 g/mol. The first-order valence-corrected chi connectivity index (χ1v) is 8.27. The molecule has 0 aromatic heterocycles. The average molecular weight is 345 g/mol. The van der Waals surface area contributed by atoms with Crippen molar-refractivity contribution in [2.45, 2.75) is 37.2 Å². The molecule has 0 saturated carbocycles. The van der Waals surface area contributed by atoms with Gasteiger partial charge in [-0.2, -0.15) is 0 Å². The van der Waals surface area contributed by atoms with Crippen LogP contribution in [0.15, 0.2) is 35.5 Å². The Hall–Kier alpha value is -2.22. The third kappa shape index (κ3) is 2.03. The molecule has 1 fully saturated rings. The van der Waals surface area contributed by atoms with Crippen LogP contribution in [-0.2, 0) is 20.0 Å². The van der Waals surface area contributed by atoms with Gasteiger partial charge in [-0.25, -0.2) is 4.79 Å². The van der Waals surface area contributed by atoms with Crippen molar-refractivity contribution >= 4 is 11.8 Å². The average Bonchev–Trinajstić information content (AvgIpc) is 3.22. The van der Waals surface area contributed by atoms with Gasteiger partial charge in [0, 0.05) is 23.4 Å². The molecule has 1 aromatic rings. The smallest absolute Gasteiger partial charge is 0.339 e. The van der Waals surface area contributed by atoms with Crippen molar-refractivity contribution in [3.05, 3.63) is 46.7 Å². The maximum atomic E-state index is 12.8. The molecule has 2 aliphatic heterocycles. The lowest BCUT2D eigenvalue weighted by atomic mass is 9.85. The van der Waals surface area contributed by atoms with E-state index in [2.05, 4.69) is 5.32 Å². The second-order valence-electron chi connectivity index (χ2n) is 6.65. The Kier molecular flexibility index (Phi) is 3.50. The van der Waals surface area contributed by atoms with Crippen LogP contribution in [0.1, 0.15) is 35.7 Å². The standard InChI is InChI=1S/C18H19NO6/c1-10-14(16(21)25-9-11-5-4-8-24-11)17(22)15(20)12-6-2-3-7-13(12)18(17,23)19-10/h2-3,6-7,11,19,22-23H,4-5,8-9H2,1H3/t11-,17+,18+/m1/s1. The van der Waals surface area contributed by atoms with E-state index in [4.69, 9.17) is 9.47 Å². The lowest BCUT2D eigenvalue weighted by molar-refractivity contribution is -0.149. The van der Waals surface area contributed by atoms with Crippen molar-refractivity contribution in [3.8, 4) is 0 Å². The predicted octanol–water partition coefficient (Wildman–Crippen LogP) is 0.358. The fourth-order valence-corrected chi connectivity index (χ4v) is 3.93. The molecule has 0 unspecified atom stereocenters. The highest BCUT2D eigenvalue weighted by Crippen LogP contribution is 2.51. The van der Waals surface area contributed by atoms with E-state index >= 15 is 0 Å². The normalized spacial score (nSPS) is 33.2. The molecule has 1 aromatic carbocycles. The molecule has 2 heterocycles. The molecule has 25 heavy (non-hydrogen) atoms. The Morgan fingerprint density at radius 1 is 1.40 bits per heavy atom. The number of fused-ring (bicyclic) bond motifs is 3. The van der Waals surface area contributed by atoms with Gasteiger partial charge >= 0.3 is 5.97 Å². The zero-order chi connectivity index (χ0) is 17.8. The number of rotatable bonds is 3. The van der Waals surface area contributed by atoms with E-state index in [0.717, 1.165) is 12.8 Å². The fraction of sp³-hybridized carbons (Fsp3) is 0.444. The van der Waals surface area contributed by atoms with Crippen molar-refractivity contribution in [3.63, 3.8) is 0 Å². The summed E-state index contributed by atoms with van der Waals surface area (Å²) in [5.41, 5.74) is -4.11. The first-order valence-electron chi connectivity index (χ1n) is 8.27. The van der Waals surface area contributed by atoms with Crippen LogP contribution in [0, 0.1) is 0 Å². The number of nitrogens with one attached hydrogen (secondary N) is 1. The lowest BCUT2D eigenvalue weighted by Gasteiger charge is -2.32. The Bertz CT molecular complexity index is 797. The summed E-state index contributed by atoms with van der Waals surface area (Å²) in [4.78, 5) is 25.4. The molecule has 1 aliphatic carbocycles. The van der Waals surface area contributed by atoms with E-state index in [-0.39, 0.29) is 35.1 Å². The molecule has 0 amide bonds. The summed E-state index contributed by atoms with van der Waals surface area (Å²) in [6, 6.07) is 6.35. The number of allylic oxidation sites excluding steroid dienone is 1. The first-order chi connectivity index (χ1) is 11.9. The first kappa shape index (κ1) is 16.3. The van der Waals surface area contributed by atoms with Gasteiger partial charge in [-0.1, -0.05) is 24.3 Å². The number of hydrogen-bond donors (Lipinski definition) is 3. The Balaban J connectivity index is 1.67. The number of aliphatic hydroxyl groups is 2. The molecule has 0 radical (unpaired) electrons. The summed E-state index contributed by atoms with van der Waals surface area (Å²) in [6.45, 7) is 2.20. The van der Waals surface area contributed by atoms with Gasteiger partial charge in [0.2, 0.25) is 17.1 Å². The molecule has 3 N–H and O–H groups in total. The second kappa shape index (κ2) is 5.39. The van der Waals surface area contributed by atoms with Gasteiger partial charge in [-0.15, -0.1) is 0 Å². The van der Waals surface area contributed by atoms with E-state index in [9.17, 15) is 19.8 Å². The Morgan fingerprint density at radius 2 is 2.16 bits per heavy atom. The van der Waals surface area contributed by atoms with Crippen molar-refractivity contribution in [2.24, 2.45) is 0 Å². The van der Waals surface area contributed by atoms with Gasteiger partial charge in [0.1, 0.15) is 12.2 Å². The van der Waals surface area contributed by atoms with E-state index in [0.29, 0.717) is 6.61 Å². The quantitative estimate of drug-likeness (QED) is 0.679. The molecule has 1 saturated heterocycles. The maximum absolute atomic E-state index is 12.8. The topological polar surface area (TPSA) is 105 Å². The minimum atomic E-state index is -2.41. The third-order valence-corrected chi connectivity index (χ3v) is 5.15. The summed E-state index contributed by atoms with van der Waals surface area (Å²) in [7, 11) is 0. The highest BCUT2D eigenvalue weighted by molar-refractivity contribution is 6.16. The number of ketones is 1. The van der Waals surface area contributed by atoms with Crippen molar-refractivity contribution in [2.75, 3.05) is 13.2 Å². The van der Waals surface area contributed by atoms with Crippen molar-refractivity contribution < 1.29 is 29.3 Å². The predicted molar refractivity (Wildman–Crippen MR) is 85.4 cm³/mol. The fourth-order valence-electron chi connectivity index (χ4n) is 3.93. The highest BCUT2D eigenvalue weighted by Gasteiger charge is 2.70. The van der Waals surface area contributed by atoms with Crippen molar-refractivity contribution in [1.82, 2.24) is 5.32 Å². The second-order valence-corrected chi connectivity index (χ2v) is 6.65. The number of hydrogen-bond acceptors (Lipinski definition) is 7. The molecular formula is C18H19NO6. The van der Waals surface area contributed by atoms with Crippen LogP contribution < -0.4 is 5.32 Å². The zero-order valence-electron chi connectivity index (χ0n) is 13.7. The van der Waals surface area contributed by atoms with Crippen LogP contribution in [0.3, 0.4) is 0 Å². The van der Waals surface area contributed by atoms with Crippen LogP contribution in [0.2, 0.25) is 0 Å². The van der Waals surface area contributed by atoms with Crippen molar-refractivity contribution in [1.29, 1.82) is 0 Å². The maximum Gasteiger partial charge on any atom is 0.339 e. The van der Waals surface area contributed by atoms with Gasteiger partial charge in [0.15, 0.2) is 0 Å². The number of ether oxygens (including phenoxy) is 2. The highest BCUT2D eigenvalue weighted by atomic mass is 16.6. The van der Waals surface area contributed by atoms with Gasteiger partial charge in [0.25, 0.3) is 0 Å². The number of esters is 1. The van der Waals surface area contributed by atoms with E-state index in [1.165, 1.54) is 13.0 Å². The minimum Gasteiger partial charge on any atom is -0.459 e. The number of carbonyl (C=O) groups is 2. The summed E-state index contributed by atoms with van der Waals surface area (Å²) in [6.07, 6.45) is 1.52. The SMILES string of the molecule is CC1=C(C(=O)OC[C@H]2CCCO2)[C@]2(O)C(=O)c3ccccc3[C@@]2(O)N1. The summed E-state index contributed by atoms with van der Waals surface area (Å²) in [5.74, 6) is -1.56. The lowest BCUT2D eigenvalue weighted by Crippen LogP contribution is -2.56. The summed E-state index contributed by atoms with van der Waals surface area (Å²) < 4.78 is 10.7. The molecule has 7 heteroatoms. The van der Waals surface area contributed by atoms with E-state index in [1.54, 1.807) is 18.2 Å². The molecule has 7 nitrogen and oxygen atoms in total. The zero-order valence-corrected chi connectivity index (χ0v) is 13.7. The number of carbonyl (C=O) groups excluding carboxylic acids is 2. The minimum absolute atomic E-state index is 0.0469. The Morgan fingerprint density at radius 3 is 2.88 bits per heavy atom. The van der Waals surface area contributed by atoms with Gasteiger partial charge in [0.05, 0.1) is 6.10 Å². The van der Waals surface area contributed by atoms with Crippen LogP contribution in [0.5, 0.6) is 0 Å². The van der Waals surface area contributed by atoms with Gasteiger partial charge in [-0.3, -0.25) is 4.79 Å². The monoisotopic (exact) mass is 345 g/mol. The largest absolute Gasteiger partial charge is 0.459 e. The number of Topliss-reactive ketones (excluding diaryl/α,β-unsaturated/α-hetero) is 1. The van der Waals surface area contributed by atoms with Gasteiger partial charge < -0.3 is 25.0 Å². The molecule has 3 aliphatic rings. The molecule has 0 spiro atoms. The Labute approximate surface area is 144 Å². The van der Waals surface area contributed by atoms with E-state index in [1.807, 2.05) is 0 Å². The number of benzene rings is 1. The van der Waals surface area contributed by atoms with Crippen LogP contribution in [0.4, 0.5) is 0 Å². The van der Waals surface area contributed by atoms with E-state index < -0.39 is 23.1 Å². The van der Waals surface area contributed by atoms with Crippen LogP contribution in [-0.4, -0.2) is 46.9 Å². The van der Waals surface area contributed by atoms with Crippen LogP contribution in [0.25, 0.3) is 0 Å². The molecule has 3 atom stereocenters. The molecule has 0 bridgehead atoms.